The molecule has 0 saturated heterocycles. The lowest BCUT2D eigenvalue weighted by Crippen LogP contribution is -2.18. The molecule has 10 heavy (non-hydrogen) atoms. The zero-order chi connectivity index (χ0) is 7.98. The highest BCUT2D eigenvalue weighted by molar-refractivity contribution is 5.38. The predicted octanol–water partition coefficient (Wildman–Crippen LogP) is 1.23. The zero-order valence-corrected chi connectivity index (χ0v) is 6.59. The van der Waals surface area contributed by atoms with Gasteiger partial charge in [0, 0.05) is 0 Å². The van der Waals surface area contributed by atoms with Gasteiger partial charge in [-0.05, 0) is 20.3 Å². The monoisotopic (exact) mass is 145 g/mol. The number of rotatable bonds is 5. The van der Waals surface area contributed by atoms with Crippen molar-refractivity contribution >= 4 is 6.47 Å². The van der Waals surface area contributed by atoms with E-state index in [9.17, 15) is 4.79 Å². The lowest BCUT2D eigenvalue weighted by Gasteiger charge is -2.14. The average Bonchev–Trinajstić information content (AvgIpc) is 1.88. The zero-order valence-electron chi connectivity index (χ0n) is 6.59. The van der Waals surface area contributed by atoms with Gasteiger partial charge in [0.25, 0.3) is 0 Å². The third-order valence-corrected chi connectivity index (χ3v) is 1.21. The van der Waals surface area contributed by atoms with Crippen molar-refractivity contribution in [1.29, 1.82) is 0 Å². The Balaban J connectivity index is 3.35. The Morgan fingerprint density at radius 1 is 1.50 bits per heavy atom. The van der Waals surface area contributed by atoms with Crippen molar-refractivity contribution in [2.75, 3.05) is 0 Å². The van der Waals surface area contributed by atoms with E-state index in [1.165, 1.54) is 6.47 Å². The maximum Gasteiger partial charge on any atom is 0.419 e. The largest absolute Gasteiger partial charge is 0.428 e. The minimum absolute atomic E-state index is 0.128. The minimum atomic E-state index is -0.479. The van der Waals surface area contributed by atoms with Crippen molar-refractivity contribution in [2.45, 2.75) is 39.6 Å². The summed E-state index contributed by atoms with van der Waals surface area (Å²) in [5.74, 6) is 0. The van der Waals surface area contributed by atoms with E-state index in [4.69, 9.17) is 4.74 Å². The Kier molecular flexibility index (Phi) is 4.94. The molecule has 3 nitrogen and oxygen atoms in total. The van der Waals surface area contributed by atoms with Crippen LogP contribution >= 0.6 is 0 Å². The van der Waals surface area contributed by atoms with Crippen LogP contribution in [0, 0.1) is 0 Å². The van der Waals surface area contributed by atoms with E-state index in [1.807, 2.05) is 13.8 Å². The number of carbonyl (C=O) groups excluding carboxylic acids is 1. The molecule has 2 atom stereocenters. The first-order valence-corrected chi connectivity index (χ1v) is 3.39. The van der Waals surface area contributed by atoms with E-state index >= 15 is 0 Å². The van der Waals surface area contributed by atoms with Crippen LogP contribution in [-0.4, -0.2) is 18.9 Å². The maximum atomic E-state index is 9.66. The first kappa shape index (κ1) is 9.43. The first-order chi connectivity index (χ1) is 4.70. The van der Waals surface area contributed by atoms with Gasteiger partial charge in [0.2, 0.25) is 6.29 Å². The Bertz CT molecular complexity index is 92.9. The fourth-order valence-electron chi connectivity index (χ4n) is 0.519. The molecule has 3 heteroatoms. The van der Waals surface area contributed by atoms with Gasteiger partial charge in [-0.2, -0.15) is 0 Å². The van der Waals surface area contributed by atoms with E-state index in [-0.39, 0.29) is 6.10 Å². The molecule has 0 amide bonds. The normalized spacial score (nSPS) is 15.9. The van der Waals surface area contributed by atoms with Crippen LogP contribution in [0.2, 0.25) is 0 Å². The summed E-state index contributed by atoms with van der Waals surface area (Å²) in [6.07, 6.45) is 0.558. The van der Waals surface area contributed by atoms with Gasteiger partial charge in [-0.3, -0.25) is 0 Å². The van der Waals surface area contributed by atoms with E-state index in [0.717, 1.165) is 6.42 Å². The van der Waals surface area contributed by atoms with Crippen LogP contribution in [0.5, 0.6) is 0 Å². The number of hydrogen-bond acceptors (Lipinski definition) is 3. The van der Waals surface area contributed by atoms with Crippen LogP contribution in [0.25, 0.3) is 0 Å². The summed E-state index contributed by atoms with van der Waals surface area (Å²) in [6.45, 7) is 6.91. The van der Waals surface area contributed by atoms with E-state index in [0.29, 0.717) is 0 Å². The van der Waals surface area contributed by atoms with Crippen LogP contribution in [0.1, 0.15) is 27.2 Å². The van der Waals surface area contributed by atoms with Gasteiger partial charge in [-0.15, -0.1) is 0 Å². The summed E-state index contributed by atoms with van der Waals surface area (Å²) >= 11 is 0. The number of hydrogen-bond donors (Lipinski definition) is 0. The highest BCUT2D eigenvalue weighted by Gasteiger charge is 2.05. The Hall–Kier alpha value is -0.570. The summed E-state index contributed by atoms with van der Waals surface area (Å²) in [5.41, 5.74) is 0. The Morgan fingerprint density at radius 3 is 2.50 bits per heavy atom. The third kappa shape index (κ3) is 4.32. The van der Waals surface area contributed by atoms with Gasteiger partial charge in [0.1, 0.15) is 0 Å². The molecular weight excluding hydrogens is 132 g/mol. The molecule has 0 aliphatic rings. The van der Waals surface area contributed by atoms with Crippen molar-refractivity contribution in [3.8, 4) is 0 Å². The standard InChI is InChI=1S/C7H13O3/c1-4-6(2)10-7(3)9-5-8/h6-7H,4H2,1-3H3. The second-order valence-electron chi connectivity index (χ2n) is 2.12. The van der Waals surface area contributed by atoms with Gasteiger partial charge in [0.15, 0.2) is 0 Å². The molecule has 0 aromatic heterocycles. The summed E-state index contributed by atoms with van der Waals surface area (Å²) in [6, 6.07) is 0. The molecule has 1 radical (unpaired) electrons. The molecule has 0 aliphatic carbocycles. The second kappa shape index (κ2) is 5.23. The molecule has 0 saturated carbocycles. The Labute approximate surface area is 61.3 Å². The van der Waals surface area contributed by atoms with Crippen molar-refractivity contribution in [1.82, 2.24) is 0 Å². The topological polar surface area (TPSA) is 35.5 Å². The molecule has 2 unspecified atom stereocenters. The van der Waals surface area contributed by atoms with Gasteiger partial charge in [-0.1, -0.05) is 6.92 Å². The van der Waals surface area contributed by atoms with E-state index < -0.39 is 6.29 Å². The summed E-state index contributed by atoms with van der Waals surface area (Å²) in [7, 11) is 0. The van der Waals surface area contributed by atoms with Gasteiger partial charge >= 0.3 is 6.47 Å². The molecule has 0 aromatic carbocycles. The predicted molar refractivity (Wildman–Crippen MR) is 37.1 cm³/mol. The molecule has 0 N–H and O–H groups in total. The lowest BCUT2D eigenvalue weighted by atomic mass is 10.3. The molecular formula is C7H13O3. The van der Waals surface area contributed by atoms with Crippen LogP contribution in [-0.2, 0) is 14.3 Å². The van der Waals surface area contributed by atoms with Gasteiger partial charge < -0.3 is 9.47 Å². The second-order valence-corrected chi connectivity index (χ2v) is 2.12. The van der Waals surface area contributed by atoms with E-state index in [1.54, 1.807) is 6.92 Å². The fourth-order valence-corrected chi connectivity index (χ4v) is 0.519. The Morgan fingerprint density at radius 2 is 2.10 bits per heavy atom. The SMILES string of the molecule is CCC(C)OC(C)O[C]=O. The quantitative estimate of drug-likeness (QED) is 0.546. The van der Waals surface area contributed by atoms with E-state index in [2.05, 4.69) is 4.74 Å². The van der Waals surface area contributed by atoms with Crippen LogP contribution in [0.4, 0.5) is 0 Å². The van der Waals surface area contributed by atoms with Gasteiger partial charge in [0.05, 0.1) is 6.10 Å². The molecule has 0 bridgehead atoms. The smallest absolute Gasteiger partial charge is 0.419 e. The van der Waals surface area contributed by atoms with Crippen LogP contribution < -0.4 is 0 Å². The molecule has 0 spiro atoms. The van der Waals surface area contributed by atoms with Crippen molar-refractivity contribution in [3.05, 3.63) is 0 Å². The molecule has 0 rings (SSSR count). The highest BCUT2D eigenvalue weighted by atomic mass is 16.7. The molecule has 59 valence electrons. The van der Waals surface area contributed by atoms with Crippen molar-refractivity contribution in [2.24, 2.45) is 0 Å². The number of ether oxygens (including phenoxy) is 2. The highest BCUT2D eigenvalue weighted by Crippen LogP contribution is 2.01. The minimum Gasteiger partial charge on any atom is -0.428 e. The average molecular weight is 145 g/mol. The summed E-state index contributed by atoms with van der Waals surface area (Å²) in [5, 5.41) is 0. The molecule has 0 fully saturated rings. The van der Waals surface area contributed by atoms with Gasteiger partial charge in [-0.25, -0.2) is 4.79 Å². The maximum absolute atomic E-state index is 9.66. The molecule has 0 heterocycles. The van der Waals surface area contributed by atoms with Crippen LogP contribution in [0.3, 0.4) is 0 Å². The molecule has 0 aliphatic heterocycles. The fraction of sp³-hybridized carbons (Fsp3) is 0.857. The van der Waals surface area contributed by atoms with Crippen molar-refractivity contribution < 1.29 is 14.3 Å². The first-order valence-electron chi connectivity index (χ1n) is 3.39. The third-order valence-electron chi connectivity index (χ3n) is 1.21. The van der Waals surface area contributed by atoms with Crippen LogP contribution in [0.15, 0.2) is 0 Å². The van der Waals surface area contributed by atoms with Crippen molar-refractivity contribution in [3.63, 3.8) is 0 Å². The summed E-state index contributed by atoms with van der Waals surface area (Å²) in [4.78, 5) is 9.66. The summed E-state index contributed by atoms with van der Waals surface area (Å²) < 4.78 is 9.54. The lowest BCUT2D eigenvalue weighted by molar-refractivity contribution is -0.109. The molecule has 0 aromatic rings.